The number of nitrogens with zero attached hydrogens (tertiary/aromatic N) is 2. The van der Waals surface area contributed by atoms with Crippen LogP contribution in [0.25, 0.3) is 0 Å². The van der Waals surface area contributed by atoms with Crippen molar-refractivity contribution in [1.82, 2.24) is 15.5 Å². The summed E-state index contributed by atoms with van der Waals surface area (Å²) in [5.74, 6) is 0.802. The van der Waals surface area contributed by atoms with E-state index in [4.69, 9.17) is 9.47 Å². The zero-order valence-electron chi connectivity index (χ0n) is 18.5. The fraction of sp³-hybridized carbons (Fsp3) is 0.652. The van der Waals surface area contributed by atoms with Crippen LogP contribution in [-0.2, 0) is 14.3 Å². The number of benzene rings is 1. The van der Waals surface area contributed by atoms with E-state index < -0.39 is 0 Å². The summed E-state index contributed by atoms with van der Waals surface area (Å²) in [6.45, 7) is 6.15. The highest BCUT2D eigenvalue weighted by Crippen LogP contribution is 2.25. The van der Waals surface area contributed by atoms with Gasteiger partial charge in [-0.3, -0.25) is 9.79 Å². The number of piperidine rings is 1. The Hall–Kier alpha value is -2.12. The highest BCUT2D eigenvalue weighted by atomic mass is 16.5. The van der Waals surface area contributed by atoms with Crippen molar-refractivity contribution in [2.75, 3.05) is 47.0 Å². The van der Waals surface area contributed by atoms with E-state index in [9.17, 15) is 4.79 Å². The summed E-state index contributed by atoms with van der Waals surface area (Å²) >= 11 is 0. The third-order valence-electron chi connectivity index (χ3n) is 6.40. The molecule has 2 saturated heterocycles. The molecule has 2 aliphatic heterocycles. The lowest BCUT2D eigenvalue weighted by atomic mass is 9.88. The Bertz CT molecular complexity index is 696. The molecular weight excluding hydrogens is 380 g/mol. The Morgan fingerprint density at radius 3 is 2.53 bits per heavy atom. The van der Waals surface area contributed by atoms with Crippen molar-refractivity contribution in [2.45, 2.75) is 44.2 Å². The maximum absolute atomic E-state index is 11.8. The van der Waals surface area contributed by atoms with Crippen LogP contribution >= 0.6 is 0 Å². The predicted octanol–water partition coefficient (Wildman–Crippen LogP) is 2.35. The molecule has 0 radical (unpaired) electrons. The topological polar surface area (TPSA) is 75.2 Å². The van der Waals surface area contributed by atoms with Crippen LogP contribution in [0.4, 0.5) is 0 Å². The van der Waals surface area contributed by atoms with E-state index in [1.807, 2.05) is 7.05 Å². The molecule has 0 aromatic heterocycles. The number of methoxy groups -OCH3 is 1. The van der Waals surface area contributed by atoms with Gasteiger partial charge in [-0.1, -0.05) is 30.3 Å². The summed E-state index contributed by atoms with van der Waals surface area (Å²) in [6.07, 6.45) is 3.52. The van der Waals surface area contributed by atoms with Gasteiger partial charge in [0.05, 0.1) is 13.0 Å². The zero-order chi connectivity index (χ0) is 21.4. The van der Waals surface area contributed by atoms with Crippen LogP contribution < -0.4 is 10.6 Å². The maximum Gasteiger partial charge on any atom is 0.308 e. The first kappa shape index (κ1) is 22.6. The van der Waals surface area contributed by atoms with Crippen LogP contribution in [-0.4, -0.2) is 69.4 Å². The van der Waals surface area contributed by atoms with Crippen molar-refractivity contribution in [3.8, 4) is 0 Å². The Kier molecular flexibility index (Phi) is 8.10. The van der Waals surface area contributed by atoms with E-state index in [0.717, 1.165) is 64.5 Å². The van der Waals surface area contributed by atoms with Gasteiger partial charge in [0.15, 0.2) is 5.96 Å². The molecule has 0 saturated carbocycles. The van der Waals surface area contributed by atoms with Gasteiger partial charge in [0.25, 0.3) is 0 Å². The largest absolute Gasteiger partial charge is 0.469 e. The van der Waals surface area contributed by atoms with E-state index in [1.165, 1.54) is 12.7 Å². The highest BCUT2D eigenvalue weighted by Gasteiger charge is 2.35. The van der Waals surface area contributed by atoms with Crippen molar-refractivity contribution in [3.05, 3.63) is 35.9 Å². The third-order valence-corrected chi connectivity index (χ3v) is 6.40. The van der Waals surface area contributed by atoms with Crippen LogP contribution in [0.2, 0.25) is 0 Å². The van der Waals surface area contributed by atoms with Crippen molar-refractivity contribution < 1.29 is 14.3 Å². The lowest BCUT2D eigenvalue weighted by Gasteiger charge is -2.42. The average molecular weight is 417 g/mol. The minimum atomic E-state index is -0.0992. The average Bonchev–Trinajstić information content (AvgIpc) is 2.80. The number of hydrogen-bond acceptors (Lipinski definition) is 5. The Labute approximate surface area is 180 Å². The number of likely N-dealkylation sites (tertiary alicyclic amines) is 1. The molecule has 1 aromatic carbocycles. The first-order valence-corrected chi connectivity index (χ1v) is 11.0. The van der Waals surface area contributed by atoms with Gasteiger partial charge in [-0.25, -0.2) is 0 Å². The van der Waals surface area contributed by atoms with E-state index in [0.29, 0.717) is 0 Å². The van der Waals surface area contributed by atoms with Gasteiger partial charge >= 0.3 is 5.97 Å². The molecule has 7 nitrogen and oxygen atoms in total. The smallest absolute Gasteiger partial charge is 0.308 e. The number of rotatable bonds is 6. The van der Waals surface area contributed by atoms with E-state index in [2.05, 4.69) is 57.8 Å². The molecule has 2 N–H and O–H groups in total. The van der Waals surface area contributed by atoms with Gasteiger partial charge in [0, 0.05) is 51.5 Å². The van der Waals surface area contributed by atoms with Crippen LogP contribution in [0.1, 0.15) is 44.2 Å². The molecule has 7 heteroatoms. The van der Waals surface area contributed by atoms with Crippen molar-refractivity contribution in [2.24, 2.45) is 10.9 Å². The molecule has 0 aliphatic carbocycles. The second-order valence-electron chi connectivity index (χ2n) is 8.35. The fourth-order valence-electron chi connectivity index (χ4n) is 4.49. The highest BCUT2D eigenvalue weighted by molar-refractivity contribution is 5.80. The Morgan fingerprint density at radius 2 is 1.93 bits per heavy atom. The molecule has 0 amide bonds. The van der Waals surface area contributed by atoms with E-state index in [-0.39, 0.29) is 23.5 Å². The van der Waals surface area contributed by atoms with Gasteiger partial charge in [0.2, 0.25) is 0 Å². The second kappa shape index (κ2) is 10.8. The van der Waals surface area contributed by atoms with Crippen molar-refractivity contribution in [1.29, 1.82) is 0 Å². The zero-order valence-corrected chi connectivity index (χ0v) is 18.5. The van der Waals surface area contributed by atoms with Gasteiger partial charge in [-0.15, -0.1) is 0 Å². The Balaban J connectivity index is 1.60. The van der Waals surface area contributed by atoms with Crippen LogP contribution in [0, 0.1) is 5.92 Å². The van der Waals surface area contributed by atoms with Crippen LogP contribution in [0.5, 0.6) is 0 Å². The lowest BCUT2D eigenvalue weighted by molar-refractivity contribution is -0.146. The molecule has 166 valence electrons. The number of nitrogens with one attached hydrogen (secondary N) is 2. The molecule has 2 heterocycles. The lowest BCUT2D eigenvalue weighted by Crippen LogP contribution is -2.59. The van der Waals surface area contributed by atoms with Crippen molar-refractivity contribution >= 4 is 11.9 Å². The summed E-state index contributed by atoms with van der Waals surface area (Å²) in [6, 6.07) is 10.8. The Morgan fingerprint density at radius 1 is 1.27 bits per heavy atom. The van der Waals surface area contributed by atoms with Gasteiger partial charge in [-0.2, -0.15) is 0 Å². The SMILES string of the molecule is CN=C(NCC1(NC(C)c2ccccc2)CCOCC1)N1CCC(C(=O)OC)CC1. The normalized spacial score (nSPS) is 21.2. The van der Waals surface area contributed by atoms with E-state index in [1.54, 1.807) is 0 Å². The minimum absolute atomic E-state index is 0.000389. The summed E-state index contributed by atoms with van der Waals surface area (Å²) in [5, 5.41) is 7.49. The summed E-state index contributed by atoms with van der Waals surface area (Å²) in [5.41, 5.74) is 1.24. The van der Waals surface area contributed by atoms with Crippen LogP contribution in [0.15, 0.2) is 35.3 Å². The molecule has 3 rings (SSSR count). The number of guanidine groups is 1. The standard InChI is InChI=1S/C23H36N4O3/c1-18(19-7-5-4-6-8-19)26-23(11-15-30-16-12-23)17-25-22(24-2)27-13-9-20(10-14-27)21(28)29-3/h4-8,18,20,26H,9-17H2,1-3H3,(H,24,25). The summed E-state index contributed by atoms with van der Waals surface area (Å²) in [4.78, 5) is 18.6. The summed E-state index contributed by atoms with van der Waals surface area (Å²) in [7, 11) is 3.29. The van der Waals surface area contributed by atoms with Crippen molar-refractivity contribution in [3.63, 3.8) is 0 Å². The molecule has 0 spiro atoms. The predicted molar refractivity (Wildman–Crippen MR) is 118 cm³/mol. The van der Waals surface area contributed by atoms with Gasteiger partial charge in [-0.05, 0) is 38.2 Å². The third kappa shape index (κ3) is 5.73. The number of esters is 1. The quantitative estimate of drug-likeness (QED) is 0.421. The molecule has 2 fully saturated rings. The second-order valence-corrected chi connectivity index (χ2v) is 8.35. The monoisotopic (exact) mass is 416 g/mol. The minimum Gasteiger partial charge on any atom is -0.469 e. The number of aliphatic imine (C=N–C) groups is 1. The van der Waals surface area contributed by atoms with Gasteiger partial charge < -0.3 is 25.0 Å². The first-order chi connectivity index (χ1) is 14.6. The molecular formula is C23H36N4O3. The number of carbonyl (C=O) groups excluding carboxylic acids is 1. The molecule has 0 bridgehead atoms. The van der Waals surface area contributed by atoms with Gasteiger partial charge in [0.1, 0.15) is 0 Å². The fourth-order valence-corrected chi connectivity index (χ4v) is 4.49. The molecule has 2 aliphatic rings. The number of hydrogen-bond donors (Lipinski definition) is 2. The van der Waals surface area contributed by atoms with E-state index >= 15 is 0 Å². The number of carbonyl (C=O) groups is 1. The van der Waals surface area contributed by atoms with Crippen LogP contribution in [0.3, 0.4) is 0 Å². The first-order valence-electron chi connectivity index (χ1n) is 11.0. The molecule has 1 aromatic rings. The molecule has 30 heavy (non-hydrogen) atoms. The molecule has 1 atom stereocenters. The number of ether oxygens (including phenoxy) is 2. The summed E-state index contributed by atoms with van der Waals surface area (Å²) < 4.78 is 10.6. The maximum atomic E-state index is 11.8. The molecule has 1 unspecified atom stereocenters.